The van der Waals surface area contributed by atoms with Crippen LogP contribution in [0.2, 0.25) is 19.6 Å². The van der Waals surface area contributed by atoms with E-state index in [2.05, 4.69) is 63.1 Å². The maximum Gasteiger partial charge on any atom is 0.0775 e. The lowest BCUT2D eigenvalue weighted by Crippen LogP contribution is -2.37. The summed E-state index contributed by atoms with van der Waals surface area (Å²) in [5, 5.41) is 5.20. The van der Waals surface area contributed by atoms with Crippen LogP contribution in [0, 0.1) is 0 Å². The van der Waals surface area contributed by atoms with E-state index in [4.69, 9.17) is 0 Å². The normalized spacial score (nSPS) is 13.6. The third-order valence-corrected chi connectivity index (χ3v) is 5.61. The van der Waals surface area contributed by atoms with Crippen LogP contribution in [0.15, 0.2) is 24.3 Å². The Morgan fingerprint density at radius 1 is 1.06 bits per heavy atom. The lowest BCUT2D eigenvalue weighted by atomic mass is 10.1. The minimum atomic E-state index is -1.14. The van der Waals surface area contributed by atoms with Crippen molar-refractivity contribution < 1.29 is 0 Å². The van der Waals surface area contributed by atoms with E-state index in [0.717, 1.165) is 6.54 Å². The fourth-order valence-electron chi connectivity index (χ4n) is 2.18. The topological polar surface area (TPSA) is 12.0 Å². The second kappa shape index (κ2) is 7.10. The van der Waals surface area contributed by atoms with Gasteiger partial charge in [0.1, 0.15) is 0 Å². The maximum atomic E-state index is 3.66. The summed E-state index contributed by atoms with van der Waals surface area (Å²) in [6.45, 7) is 12.7. The molecule has 1 rings (SSSR count). The summed E-state index contributed by atoms with van der Waals surface area (Å²) in [4.78, 5) is 0. The average Bonchev–Trinajstić information content (AvgIpc) is 2.34. The summed E-state index contributed by atoms with van der Waals surface area (Å²) in [5.74, 6) is 0. The van der Waals surface area contributed by atoms with E-state index in [0.29, 0.717) is 6.04 Å². The van der Waals surface area contributed by atoms with Crippen molar-refractivity contribution in [2.24, 2.45) is 0 Å². The Kier molecular flexibility index (Phi) is 6.10. The molecule has 102 valence electrons. The fraction of sp³-hybridized carbons (Fsp3) is 0.625. The highest BCUT2D eigenvalue weighted by molar-refractivity contribution is 6.88. The highest BCUT2D eigenvalue weighted by atomic mass is 28.3. The van der Waals surface area contributed by atoms with Crippen molar-refractivity contribution in [1.29, 1.82) is 0 Å². The van der Waals surface area contributed by atoms with Crippen molar-refractivity contribution in [3.8, 4) is 0 Å². The summed E-state index contributed by atoms with van der Waals surface area (Å²) in [6, 6.07) is 9.90. The van der Waals surface area contributed by atoms with E-state index >= 15 is 0 Å². The van der Waals surface area contributed by atoms with E-state index in [1.807, 2.05) is 0 Å². The zero-order chi connectivity index (χ0) is 13.6. The molecule has 0 aliphatic rings. The third kappa shape index (κ3) is 4.95. The third-order valence-electron chi connectivity index (χ3n) is 3.54. The quantitative estimate of drug-likeness (QED) is 0.736. The van der Waals surface area contributed by atoms with Crippen LogP contribution in [-0.2, 0) is 6.54 Å². The molecule has 2 heteroatoms. The smallest absolute Gasteiger partial charge is 0.0775 e. The number of rotatable bonds is 7. The van der Waals surface area contributed by atoms with Gasteiger partial charge in [0.15, 0.2) is 0 Å². The summed E-state index contributed by atoms with van der Waals surface area (Å²) in [7, 11) is -1.14. The summed E-state index contributed by atoms with van der Waals surface area (Å²) in [5.41, 5.74) is 1.41. The van der Waals surface area contributed by atoms with Gasteiger partial charge in [0.05, 0.1) is 8.07 Å². The Morgan fingerprint density at radius 2 is 1.67 bits per heavy atom. The van der Waals surface area contributed by atoms with E-state index in [1.165, 1.54) is 24.8 Å². The second-order valence-corrected chi connectivity index (χ2v) is 11.3. The molecule has 1 unspecified atom stereocenters. The summed E-state index contributed by atoms with van der Waals surface area (Å²) < 4.78 is 0. The van der Waals surface area contributed by atoms with E-state index in [1.54, 1.807) is 5.19 Å². The van der Waals surface area contributed by atoms with Gasteiger partial charge in [0.25, 0.3) is 0 Å². The van der Waals surface area contributed by atoms with Crippen LogP contribution < -0.4 is 10.5 Å². The zero-order valence-corrected chi connectivity index (χ0v) is 13.7. The van der Waals surface area contributed by atoms with Gasteiger partial charge in [-0.3, -0.25) is 0 Å². The molecular formula is C16H29NSi. The van der Waals surface area contributed by atoms with Gasteiger partial charge < -0.3 is 5.32 Å². The molecule has 0 radical (unpaired) electrons. The van der Waals surface area contributed by atoms with Gasteiger partial charge in [-0.1, -0.05) is 69.4 Å². The molecule has 0 saturated carbocycles. The van der Waals surface area contributed by atoms with Crippen LogP contribution in [-0.4, -0.2) is 14.1 Å². The predicted molar refractivity (Wildman–Crippen MR) is 85.2 cm³/mol. The Morgan fingerprint density at radius 3 is 2.11 bits per heavy atom. The first-order valence-electron chi connectivity index (χ1n) is 7.30. The first-order chi connectivity index (χ1) is 8.47. The van der Waals surface area contributed by atoms with Crippen LogP contribution in [0.25, 0.3) is 0 Å². The first kappa shape index (κ1) is 15.5. The highest BCUT2D eigenvalue weighted by Crippen LogP contribution is 2.06. The molecule has 18 heavy (non-hydrogen) atoms. The Labute approximate surface area is 114 Å². The molecule has 0 fully saturated rings. The number of nitrogens with one attached hydrogen (secondary N) is 1. The highest BCUT2D eigenvalue weighted by Gasteiger charge is 2.15. The van der Waals surface area contributed by atoms with Crippen LogP contribution in [0.3, 0.4) is 0 Å². The number of benzene rings is 1. The van der Waals surface area contributed by atoms with E-state index in [-0.39, 0.29) is 0 Å². The SMILES string of the molecule is CCCC(CC)NCc1ccc([Si](C)(C)C)cc1. The van der Waals surface area contributed by atoms with Gasteiger partial charge in [-0.05, 0) is 18.4 Å². The van der Waals surface area contributed by atoms with Gasteiger partial charge >= 0.3 is 0 Å². The van der Waals surface area contributed by atoms with Gasteiger partial charge in [-0.15, -0.1) is 0 Å². The number of hydrogen-bond acceptors (Lipinski definition) is 1. The van der Waals surface area contributed by atoms with Crippen LogP contribution >= 0.6 is 0 Å². The molecule has 1 atom stereocenters. The van der Waals surface area contributed by atoms with Crippen LogP contribution in [0.5, 0.6) is 0 Å². The summed E-state index contributed by atoms with van der Waals surface area (Å²) >= 11 is 0. The Balaban J connectivity index is 2.53. The Bertz CT molecular complexity index is 337. The molecule has 1 aromatic rings. The molecule has 0 aromatic heterocycles. The lowest BCUT2D eigenvalue weighted by Gasteiger charge is -2.18. The van der Waals surface area contributed by atoms with Crippen molar-refractivity contribution in [1.82, 2.24) is 5.32 Å². The molecule has 0 aliphatic heterocycles. The van der Waals surface area contributed by atoms with Gasteiger partial charge in [0.2, 0.25) is 0 Å². The van der Waals surface area contributed by atoms with E-state index < -0.39 is 8.07 Å². The van der Waals surface area contributed by atoms with Crippen molar-refractivity contribution >= 4 is 13.3 Å². The largest absolute Gasteiger partial charge is 0.310 e. The molecular weight excluding hydrogens is 234 g/mol. The molecule has 0 amide bonds. The van der Waals surface area contributed by atoms with Gasteiger partial charge in [-0.25, -0.2) is 0 Å². The van der Waals surface area contributed by atoms with Crippen LogP contribution in [0.1, 0.15) is 38.7 Å². The molecule has 0 aliphatic carbocycles. The minimum absolute atomic E-state index is 0.673. The van der Waals surface area contributed by atoms with E-state index in [9.17, 15) is 0 Å². The minimum Gasteiger partial charge on any atom is -0.310 e. The first-order valence-corrected chi connectivity index (χ1v) is 10.8. The zero-order valence-electron chi connectivity index (χ0n) is 12.7. The maximum absolute atomic E-state index is 3.66. The van der Waals surface area contributed by atoms with Crippen molar-refractivity contribution in [3.05, 3.63) is 29.8 Å². The van der Waals surface area contributed by atoms with Crippen molar-refractivity contribution in [2.45, 2.75) is 65.3 Å². The monoisotopic (exact) mass is 263 g/mol. The van der Waals surface area contributed by atoms with Crippen molar-refractivity contribution in [2.75, 3.05) is 0 Å². The standard InChI is InChI=1S/C16H29NSi/c1-6-8-15(7-2)17-13-14-9-11-16(12-10-14)18(3,4)5/h9-12,15,17H,6-8,13H2,1-5H3. The molecule has 0 saturated heterocycles. The van der Waals surface area contributed by atoms with Crippen molar-refractivity contribution in [3.63, 3.8) is 0 Å². The molecule has 0 spiro atoms. The number of hydrogen-bond donors (Lipinski definition) is 1. The van der Waals surface area contributed by atoms with Gasteiger partial charge in [-0.2, -0.15) is 0 Å². The molecule has 1 nitrogen and oxygen atoms in total. The molecule has 1 N–H and O–H groups in total. The molecule has 0 heterocycles. The van der Waals surface area contributed by atoms with Gasteiger partial charge in [0, 0.05) is 12.6 Å². The average molecular weight is 264 g/mol. The lowest BCUT2D eigenvalue weighted by molar-refractivity contribution is 0.462. The van der Waals surface area contributed by atoms with Crippen LogP contribution in [0.4, 0.5) is 0 Å². The second-order valence-electron chi connectivity index (χ2n) is 6.22. The fourth-order valence-corrected chi connectivity index (χ4v) is 3.35. The molecule has 1 aromatic carbocycles. The predicted octanol–water partition coefficient (Wildman–Crippen LogP) is 3.90. The summed E-state index contributed by atoms with van der Waals surface area (Å²) in [6.07, 6.45) is 3.77. The Hall–Kier alpha value is -0.603. The molecule has 0 bridgehead atoms.